The van der Waals surface area contributed by atoms with Crippen molar-refractivity contribution in [1.82, 2.24) is 0 Å². The monoisotopic (exact) mass is 175 g/mol. The summed E-state index contributed by atoms with van der Waals surface area (Å²) < 4.78 is 17.8. The smallest absolute Gasteiger partial charge is 0.169 e. The van der Waals surface area contributed by atoms with E-state index in [4.69, 9.17) is 4.42 Å². The van der Waals surface area contributed by atoms with Crippen LogP contribution in [0.1, 0.15) is 11.3 Å². The molecular formula is C11H8FO. The van der Waals surface area contributed by atoms with Crippen LogP contribution in [-0.2, 0) is 6.42 Å². The fraction of sp³-hybridized carbons (Fsp3) is 0.0909. The van der Waals surface area contributed by atoms with Crippen LogP contribution in [0.5, 0.6) is 0 Å². The average Bonchev–Trinajstić information content (AvgIpc) is 2.57. The van der Waals surface area contributed by atoms with Crippen molar-refractivity contribution in [3.8, 4) is 0 Å². The molecule has 2 rings (SSSR count). The fourth-order valence-corrected chi connectivity index (χ4v) is 1.21. The fourth-order valence-electron chi connectivity index (χ4n) is 1.21. The molecule has 13 heavy (non-hydrogen) atoms. The number of halogens is 1. The Morgan fingerprint density at radius 3 is 2.92 bits per heavy atom. The Morgan fingerprint density at radius 2 is 2.23 bits per heavy atom. The Kier molecular flexibility index (Phi) is 2.13. The second-order valence-corrected chi connectivity index (χ2v) is 2.83. The third-order valence-corrected chi connectivity index (χ3v) is 1.79. The summed E-state index contributed by atoms with van der Waals surface area (Å²) in [6.45, 7) is 0. The van der Waals surface area contributed by atoms with E-state index in [9.17, 15) is 4.39 Å². The molecule has 0 aliphatic rings. The third kappa shape index (κ3) is 1.96. The quantitative estimate of drug-likeness (QED) is 0.684. The lowest BCUT2D eigenvalue weighted by Gasteiger charge is -1.97. The summed E-state index contributed by atoms with van der Waals surface area (Å²) in [5.41, 5.74) is 0.906. The maximum Gasteiger partial charge on any atom is 0.169 e. The zero-order valence-corrected chi connectivity index (χ0v) is 6.96. The van der Waals surface area contributed by atoms with Crippen LogP contribution < -0.4 is 0 Å². The van der Waals surface area contributed by atoms with Gasteiger partial charge < -0.3 is 4.42 Å². The van der Waals surface area contributed by atoms with E-state index in [1.807, 2.05) is 12.1 Å². The largest absolute Gasteiger partial charge is 0.457 e. The summed E-state index contributed by atoms with van der Waals surface area (Å²) in [4.78, 5) is 0. The summed E-state index contributed by atoms with van der Waals surface area (Å²) in [5.74, 6) is 0.582. The second-order valence-electron chi connectivity index (χ2n) is 2.83. The van der Waals surface area contributed by atoms with Gasteiger partial charge in [-0.25, -0.2) is 4.39 Å². The normalized spacial score (nSPS) is 10.2. The highest BCUT2D eigenvalue weighted by atomic mass is 19.1. The van der Waals surface area contributed by atoms with E-state index in [2.05, 4.69) is 6.26 Å². The summed E-state index contributed by atoms with van der Waals surface area (Å²) in [5, 5.41) is 0. The molecule has 0 fully saturated rings. The lowest BCUT2D eigenvalue weighted by Crippen LogP contribution is -1.86. The van der Waals surface area contributed by atoms with Crippen molar-refractivity contribution in [3.05, 3.63) is 59.8 Å². The SMILES string of the molecule is Fc1cccc(Cc2cc[c]o2)c1. The molecule has 0 saturated carbocycles. The van der Waals surface area contributed by atoms with Crippen molar-refractivity contribution in [2.75, 3.05) is 0 Å². The Morgan fingerprint density at radius 1 is 1.31 bits per heavy atom. The molecule has 0 bridgehead atoms. The number of furan rings is 1. The minimum atomic E-state index is -0.215. The first-order chi connectivity index (χ1) is 6.34. The van der Waals surface area contributed by atoms with Crippen molar-refractivity contribution in [1.29, 1.82) is 0 Å². The van der Waals surface area contributed by atoms with Gasteiger partial charge >= 0.3 is 0 Å². The molecule has 1 aromatic heterocycles. The second kappa shape index (κ2) is 3.44. The molecule has 0 amide bonds. The Bertz CT molecular complexity index is 379. The maximum absolute atomic E-state index is 12.8. The minimum absolute atomic E-state index is 0.215. The molecule has 0 aliphatic heterocycles. The summed E-state index contributed by atoms with van der Waals surface area (Å²) in [7, 11) is 0. The molecule has 0 atom stereocenters. The first kappa shape index (κ1) is 8.05. The Labute approximate surface area is 75.8 Å². The molecule has 0 spiro atoms. The van der Waals surface area contributed by atoms with E-state index in [-0.39, 0.29) is 5.82 Å². The van der Waals surface area contributed by atoms with Crippen LogP contribution in [0.3, 0.4) is 0 Å². The first-order valence-electron chi connectivity index (χ1n) is 4.04. The van der Waals surface area contributed by atoms with Gasteiger partial charge in [-0.05, 0) is 29.8 Å². The van der Waals surface area contributed by atoms with Crippen molar-refractivity contribution in [2.24, 2.45) is 0 Å². The summed E-state index contributed by atoms with van der Waals surface area (Å²) in [6, 6.07) is 10.0. The lowest BCUT2D eigenvalue weighted by atomic mass is 10.1. The van der Waals surface area contributed by atoms with Crippen LogP contribution in [0.25, 0.3) is 0 Å². The molecule has 2 aromatic rings. The van der Waals surface area contributed by atoms with Gasteiger partial charge in [0.2, 0.25) is 0 Å². The lowest BCUT2D eigenvalue weighted by molar-refractivity contribution is 0.512. The van der Waals surface area contributed by atoms with E-state index in [1.54, 1.807) is 12.1 Å². The third-order valence-electron chi connectivity index (χ3n) is 1.79. The number of benzene rings is 1. The standard InChI is InChI=1S/C11H8FO/c12-10-4-1-3-9(7-10)8-11-5-2-6-13-11/h1-5,7H,8H2. The van der Waals surface area contributed by atoms with E-state index >= 15 is 0 Å². The highest BCUT2D eigenvalue weighted by molar-refractivity contribution is 5.21. The van der Waals surface area contributed by atoms with Crippen molar-refractivity contribution >= 4 is 0 Å². The van der Waals surface area contributed by atoms with E-state index in [0.717, 1.165) is 11.3 Å². The van der Waals surface area contributed by atoms with Gasteiger partial charge in [0.1, 0.15) is 11.6 Å². The van der Waals surface area contributed by atoms with Gasteiger partial charge in [0.05, 0.1) is 0 Å². The predicted molar refractivity (Wildman–Crippen MR) is 46.8 cm³/mol. The molecule has 0 aliphatic carbocycles. The highest BCUT2D eigenvalue weighted by Crippen LogP contribution is 2.10. The number of hydrogen-bond acceptors (Lipinski definition) is 1. The Hall–Kier alpha value is -1.57. The maximum atomic E-state index is 12.8. The summed E-state index contributed by atoms with van der Waals surface area (Å²) >= 11 is 0. The van der Waals surface area contributed by atoms with Crippen LogP contribution in [0.2, 0.25) is 0 Å². The van der Waals surface area contributed by atoms with Gasteiger partial charge in [0, 0.05) is 6.42 Å². The molecule has 2 heteroatoms. The van der Waals surface area contributed by atoms with E-state index in [0.29, 0.717) is 6.42 Å². The van der Waals surface area contributed by atoms with Gasteiger partial charge in [0.15, 0.2) is 6.26 Å². The van der Waals surface area contributed by atoms with Crippen LogP contribution >= 0.6 is 0 Å². The van der Waals surface area contributed by atoms with Gasteiger partial charge in [-0.3, -0.25) is 0 Å². The van der Waals surface area contributed by atoms with Gasteiger partial charge in [0.25, 0.3) is 0 Å². The highest BCUT2D eigenvalue weighted by Gasteiger charge is 1.99. The number of rotatable bonds is 2. The predicted octanol–water partition coefficient (Wildman–Crippen LogP) is 2.81. The molecule has 1 heterocycles. The molecular weight excluding hydrogens is 167 g/mol. The van der Waals surface area contributed by atoms with Crippen molar-refractivity contribution in [3.63, 3.8) is 0 Å². The van der Waals surface area contributed by atoms with Crippen LogP contribution in [0, 0.1) is 12.1 Å². The number of hydrogen-bond donors (Lipinski definition) is 0. The van der Waals surface area contributed by atoms with Crippen molar-refractivity contribution < 1.29 is 8.81 Å². The Balaban J connectivity index is 2.19. The van der Waals surface area contributed by atoms with Crippen molar-refractivity contribution in [2.45, 2.75) is 6.42 Å². The summed E-state index contributed by atoms with van der Waals surface area (Å²) in [6.07, 6.45) is 3.21. The molecule has 0 unspecified atom stereocenters. The topological polar surface area (TPSA) is 13.1 Å². The molecule has 0 N–H and O–H groups in total. The zero-order valence-electron chi connectivity index (χ0n) is 6.96. The first-order valence-corrected chi connectivity index (χ1v) is 4.04. The van der Waals surface area contributed by atoms with Crippen LogP contribution in [0.15, 0.2) is 40.8 Å². The minimum Gasteiger partial charge on any atom is -0.457 e. The molecule has 65 valence electrons. The molecule has 0 saturated heterocycles. The molecule has 1 radical (unpaired) electrons. The van der Waals surface area contributed by atoms with Gasteiger partial charge in [-0.1, -0.05) is 12.1 Å². The molecule has 1 nitrogen and oxygen atoms in total. The molecule has 1 aromatic carbocycles. The zero-order chi connectivity index (χ0) is 9.10. The van der Waals surface area contributed by atoms with Gasteiger partial charge in [-0.15, -0.1) is 0 Å². The van der Waals surface area contributed by atoms with Crippen LogP contribution in [-0.4, -0.2) is 0 Å². The van der Waals surface area contributed by atoms with Gasteiger partial charge in [-0.2, -0.15) is 0 Å². The van der Waals surface area contributed by atoms with Crippen LogP contribution in [0.4, 0.5) is 4.39 Å². The van der Waals surface area contributed by atoms with E-state index in [1.165, 1.54) is 12.1 Å². The average molecular weight is 175 g/mol. The van der Waals surface area contributed by atoms with E-state index < -0.39 is 0 Å².